The van der Waals surface area contributed by atoms with Gasteiger partial charge in [0, 0.05) is 12.3 Å². The van der Waals surface area contributed by atoms with Crippen molar-refractivity contribution in [3.8, 4) is 0 Å². The Morgan fingerprint density at radius 2 is 2.19 bits per heavy atom. The standard InChI is InChI=1S/C12H21N3S/c1-3-6-13-7-4-5-11-14-15-12(16-11)10-8-9(10)2/h9-10,13H,3-8H2,1-2H3. The van der Waals surface area contributed by atoms with E-state index < -0.39 is 0 Å². The maximum absolute atomic E-state index is 4.29. The highest BCUT2D eigenvalue weighted by atomic mass is 32.1. The molecule has 90 valence electrons. The van der Waals surface area contributed by atoms with Gasteiger partial charge in [-0.25, -0.2) is 0 Å². The van der Waals surface area contributed by atoms with Gasteiger partial charge in [-0.3, -0.25) is 0 Å². The molecule has 0 spiro atoms. The van der Waals surface area contributed by atoms with Crippen LogP contribution in [0.2, 0.25) is 0 Å². The number of nitrogens with one attached hydrogen (secondary N) is 1. The van der Waals surface area contributed by atoms with Crippen LogP contribution in [0, 0.1) is 5.92 Å². The van der Waals surface area contributed by atoms with E-state index in [2.05, 4.69) is 29.4 Å². The van der Waals surface area contributed by atoms with Crippen LogP contribution in [0.15, 0.2) is 0 Å². The molecule has 0 amide bonds. The van der Waals surface area contributed by atoms with Crippen molar-refractivity contribution in [2.24, 2.45) is 5.92 Å². The van der Waals surface area contributed by atoms with Gasteiger partial charge < -0.3 is 5.32 Å². The summed E-state index contributed by atoms with van der Waals surface area (Å²) < 4.78 is 0. The molecule has 16 heavy (non-hydrogen) atoms. The number of nitrogens with zero attached hydrogens (tertiary/aromatic N) is 2. The van der Waals surface area contributed by atoms with Crippen LogP contribution in [0.5, 0.6) is 0 Å². The van der Waals surface area contributed by atoms with E-state index in [0.717, 1.165) is 31.3 Å². The lowest BCUT2D eigenvalue weighted by Gasteiger charge is -1.99. The molecule has 1 N–H and O–H groups in total. The third-order valence-corrected chi connectivity index (χ3v) is 4.20. The Hall–Kier alpha value is -0.480. The van der Waals surface area contributed by atoms with E-state index in [1.54, 1.807) is 0 Å². The Kier molecular flexibility index (Phi) is 4.29. The van der Waals surface area contributed by atoms with Crippen molar-refractivity contribution < 1.29 is 0 Å². The molecule has 1 fully saturated rings. The van der Waals surface area contributed by atoms with Crippen LogP contribution in [0.25, 0.3) is 0 Å². The van der Waals surface area contributed by atoms with Gasteiger partial charge in [-0.05, 0) is 38.3 Å². The first kappa shape index (κ1) is 12.0. The fraction of sp³-hybridized carbons (Fsp3) is 0.833. The molecular formula is C12H21N3S. The van der Waals surface area contributed by atoms with Crippen molar-refractivity contribution in [1.29, 1.82) is 0 Å². The van der Waals surface area contributed by atoms with Crippen LogP contribution in [-0.4, -0.2) is 23.3 Å². The molecule has 4 heteroatoms. The van der Waals surface area contributed by atoms with Gasteiger partial charge in [-0.15, -0.1) is 21.5 Å². The first-order valence-electron chi connectivity index (χ1n) is 6.34. The molecule has 1 aliphatic carbocycles. The van der Waals surface area contributed by atoms with Crippen molar-refractivity contribution in [3.05, 3.63) is 10.0 Å². The summed E-state index contributed by atoms with van der Waals surface area (Å²) in [7, 11) is 0. The summed E-state index contributed by atoms with van der Waals surface area (Å²) >= 11 is 1.82. The molecule has 0 saturated heterocycles. The molecule has 1 heterocycles. The second-order valence-electron chi connectivity index (χ2n) is 4.71. The zero-order valence-electron chi connectivity index (χ0n) is 10.2. The summed E-state index contributed by atoms with van der Waals surface area (Å²) in [5.41, 5.74) is 0. The van der Waals surface area contributed by atoms with Crippen molar-refractivity contribution in [2.75, 3.05) is 13.1 Å². The van der Waals surface area contributed by atoms with E-state index in [9.17, 15) is 0 Å². The summed E-state index contributed by atoms with van der Waals surface area (Å²) in [6, 6.07) is 0. The highest BCUT2D eigenvalue weighted by Gasteiger charge is 2.36. The Balaban J connectivity index is 1.67. The Bertz CT molecular complexity index is 324. The van der Waals surface area contributed by atoms with Gasteiger partial charge in [-0.2, -0.15) is 0 Å². The first-order chi connectivity index (χ1) is 7.81. The average molecular weight is 239 g/mol. The van der Waals surface area contributed by atoms with Crippen LogP contribution in [0.1, 0.15) is 49.0 Å². The molecule has 1 aromatic heterocycles. The number of hydrogen-bond acceptors (Lipinski definition) is 4. The van der Waals surface area contributed by atoms with Crippen molar-refractivity contribution in [2.45, 2.75) is 45.4 Å². The molecule has 0 bridgehead atoms. The molecule has 1 aromatic rings. The average Bonchev–Trinajstić information content (AvgIpc) is 2.83. The van der Waals surface area contributed by atoms with E-state index in [0.29, 0.717) is 0 Å². The lowest BCUT2D eigenvalue weighted by Crippen LogP contribution is -2.16. The molecule has 1 aliphatic rings. The van der Waals surface area contributed by atoms with Crippen LogP contribution in [-0.2, 0) is 6.42 Å². The van der Waals surface area contributed by atoms with Crippen molar-refractivity contribution in [1.82, 2.24) is 15.5 Å². The number of hydrogen-bond donors (Lipinski definition) is 1. The normalized spacial score (nSPS) is 23.6. The van der Waals surface area contributed by atoms with E-state index >= 15 is 0 Å². The van der Waals surface area contributed by atoms with Crippen LogP contribution in [0.4, 0.5) is 0 Å². The Morgan fingerprint density at radius 3 is 2.88 bits per heavy atom. The predicted octanol–water partition coefficient (Wildman–Crippen LogP) is 2.59. The molecule has 2 unspecified atom stereocenters. The quantitative estimate of drug-likeness (QED) is 0.743. The van der Waals surface area contributed by atoms with Gasteiger partial charge in [0.05, 0.1) is 0 Å². The van der Waals surface area contributed by atoms with E-state index in [1.165, 1.54) is 29.3 Å². The van der Waals surface area contributed by atoms with E-state index in [4.69, 9.17) is 0 Å². The molecule has 0 radical (unpaired) electrons. The minimum atomic E-state index is 0.726. The topological polar surface area (TPSA) is 37.8 Å². The SMILES string of the molecule is CCCNCCCc1nnc(C2CC2C)s1. The van der Waals surface area contributed by atoms with Crippen molar-refractivity contribution >= 4 is 11.3 Å². The second-order valence-corrected chi connectivity index (χ2v) is 5.80. The van der Waals surface area contributed by atoms with Gasteiger partial charge in [0.25, 0.3) is 0 Å². The summed E-state index contributed by atoms with van der Waals surface area (Å²) in [6.45, 7) is 6.71. The van der Waals surface area contributed by atoms with Crippen LogP contribution in [0.3, 0.4) is 0 Å². The zero-order valence-corrected chi connectivity index (χ0v) is 11.0. The minimum absolute atomic E-state index is 0.726. The molecule has 0 aliphatic heterocycles. The van der Waals surface area contributed by atoms with Crippen LogP contribution >= 0.6 is 11.3 Å². The Labute approximate surface area is 102 Å². The summed E-state index contributed by atoms with van der Waals surface area (Å²) in [5.74, 6) is 1.57. The summed E-state index contributed by atoms with van der Waals surface area (Å²) in [5, 5.41) is 14.5. The molecule has 2 atom stereocenters. The molecule has 2 rings (SSSR count). The number of rotatable bonds is 7. The fourth-order valence-corrected chi connectivity index (χ4v) is 2.98. The fourth-order valence-electron chi connectivity index (χ4n) is 1.85. The molecule has 3 nitrogen and oxygen atoms in total. The predicted molar refractivity (Wildman–Crippen MR) is 67.9 cm³/mol. The number of aryl methyl sites for hydroxylation is 1. The monoisotopic (exact) mass is 239 g/mol. The van der Waals surface area contributed by atoms with Gasteiger partial charge >= 0.3 is 0 Å². The van der Waals surface area contributed by atoms with E-state index in [-0.39, 0.29) is 0 Å². The summed E-state index contributed by atoms with van der Waals surface area (Å²) in [4.78, 5) is 0. The van der Waals surface area contributed by atoms with E-state index in [1.807, 2.05) is 11.3 Å². The van der Waals surface area contributed by atoms with Gasteiger partial charge in [0.2, 0.25) is 0 Å². The molecule has 1 saturated carbocycles. The molecule has 0 aromatic carbocycles. The highest BCUT2D eigenvalue weighted by Crippen LogP contribution is 2.47. The maximum atomic E-state index is 4.29. The summed E-state index contributed by atoms with van der Waals surface area (Å²) in [6.07, 6.45) is 4.78. The smallest absolute Gasteiger partial charge is 0.120 e. The second kappa shape index (κ2) is 5.73. The Morgan fingerprint density at radius 1 is 1.38 bits per heavy atom. The number of aromatic nitrogens is 2. The first-order valence-corrected chi connectivity index (χ1v) is 7.16. The van der Waals surface area contributed by atoms with Crippen molar-refractivity contribution in [3.63, 3.8) is 0 Å². The maximum Gasteiger partial charge on any atom is 0.120 e. The van der Waals surface area contributed by atoms with Crippen LogP contribution < -0.4 is 5.32 Å². The lowest BCUT2D eigenvalue weighted by atomic mass is 10.3. The highest BCUT2D eigenvalue weighted by molar-refractivity contribution is 7.11. The lowest BCUT2D eigenvalue weighted by molar-refractivity contribution is 0.637. The third-order valence-electron chi connectivity index (χ3n) is 3.08. The molecular weight excluding hydrogens is 218 g/mol. The third kappa shape index (κ3) is 3.25. The zero-order chi connectivity index (χ0) is 11.4. The largest absolute Gasteiger partial charge is 0.317 e. The van der Waals surface area contributed by atoms with Gasteiger partial charge in [0.15, 0.2) is 0 Å². The van der Waals surface area contributed by atoms with Gasteiger partial charge in [0.1, 0.15) is 10.0 Å². The van der Waals surface area contributed by atoms with Gasteiger partial charge in [-0.1, -0.05) is 13.8 Å². The minimum Gasteiger partial charge on any atom is -0.317 e.